The largest absolute Gasteiger partial charge is 0.357 e. The van der Waals surface area contributed by atoms with Gasteiger partial charge >= 0.3 is 0 Å². The Balaban J connectivity index is 0.00000392. The third-order valence-corrected chi connectivity index (χ3v) is 5.88. The molecule has 1 aliphatic heterocycles. The van der Waals surface area contributed by atoms with Gasteiger partial charge in [-0.3, -0.25) is 4.99 Å². The molecule has 0 aliphatic carbocycles. The number of nitrogens with zero attached hydrogens (tertiary/aromatic N) is 2. The zero-order chi connectivity index (χ0) is 19.5. The Labute approximate surface area is 187 Å². The minimum Gasteiger partial charge on any atom is -0.357 e. The van der Waals surface area contributed by atoms with Crippen LogP contribution in [0.1, 0.15) is 38.2 Å². The van der Waals surface area contributed by atoms with Crippen LogP contribution in [-0.4, -0.2) is 64.8 Å². The topological polar surface area (TPSA) is 73.8 Å². The number of nitrogens with one attached hydrogen (secondary N) is 2. The maximum absolute atomic E-state index is 11.5. The van der Waals surface area contributed by atoms with Crippen LogP contribution in [0.3, 0.4) is 0 Å². The molecule has 2 rings (SSSR count). The molecule has 6 nitrogen and oxygen atoms in total. The third-order valence-electron chi connectivity index (χ3n) is 4.75. The van der Waals surface area contributed by atoms with Crippen molar-refractivity contribution in [2.75, 3.05) is 45.5 Å². The van der Waals surface area contributed by atoms with Crippen LogP contribution in [0.5, 0.6) is 0 Å². The van der Waals surface area contributed by atoms with E-state index in [1.54, 1.807) is 12.1 Å². The summed E-state index contributed by atoms with van der Waals surface area (Å²) in [6.07, 6.45) is 7.07. The summed E-state index contributed by atoms with van der Waals surface area (Å²) >= 11 is 0. The molecule has 160 valence electrons. The summed E-state index contributed by atoms with van der Waals surface area (Å²) in [5, 5.41) is 6.64. The summed E-state index contributed by atoms with van der Waals surface area (Å²) in [5.41, 5.74) is 1.11. The molecule has 1 aromatic rings. The van der Waals surface area contributed by atoms with E-state index in [1.165, 1.54) is 45.2 Å². The van der Waals surface area contributed by atoms with E-state index in [4.69, 9.17) is 0 Å². The van der Waals surface area contributed by atoms with Gasteiger partial charge in [-0.05, 0) is 76.4 Å². The monoisotopic (exact) mass is 522 g/mol. The van der Waals surface area contributed by atoms with E-state index in [1.807, 2.05) is 12.1 Å². The second-order valence-electron chi connectivity index (χ2n) is 7.11. The number of hydrogen-bond acceptors (Lipinski definition) is 4. The number of halogens is 1. The fraction of sp³-hybridized carbons (Fsp3) is 0.650. The van der Waals surface area contributed by atoms with Crippen molar-refractivity contribution in [2.45, 2.75) is 43.9 Å². The van der Waals surface area contributed by atoms with Crippen LogP contribution < -0.4 is 10.6 Å². The molecule has 1 heterocycles. The number of guanidine groups is 1. The summed E-state index contributed by atoms with van der Waals surface area (Å²) in [4.78, 5) is 7.56. The number of aliphatic imine (C=N–C) groups is 1. The van der Waals surface area contributed by atoms with E-state index in [-0.39, 0.29) is 24.0 Å². The molecule has 2 N–H and O–H groups in total. The minimum atomic E-state index is -3.13. The van der Waals surface area contributed by atoms with E-state index < -0.39 is 9.84 Å². The number of rotatable bonds is 10. The lowest BCUT2D eigenvalue weighted by Gasteiger charge is -2.14. The highest BCUT2D eigenvalue weighted by atomic mass is 127. The van der Waals surface area contributed by atoms with E-state index in [0.29, 0.717) is 4.90 Å². The van der Waals surface area contributed by atoms with Gasteiger partial charge in [0.15, 0.2) is 15.8 Å². The zero-order valence-corrected chi connectivity index (χ0v) is 20.3. The van der Waals surface area contributed by atoms with Crippen LogP contribution in [-0.2, 0) is 16.3 Å². The first-order chi connectivity index (χ1) is 13.0. The lowest BCUT2D eigenvalue weighted by molar-refractivity contribution is 0.331. The first-order valence-electron chi connectivity index (χ1n) is 10.0. The van der Waals surface area contributed by atoms with Gasteiger partial charge in [0.05, 0.1) is 4.90 Å². The first-order valence-corrected chi connectivity index (χ1v) is 11.9. The Morgan fingerprint density at radius 3 is 2.39 bits per heavy atom. The van der Waals surface area contributed by atoms with Crippen molar-refractivity contribution in [3.63, 3.8) is 0 Å². The molecule has 1 fully saturated rings. The molecule has 0 aromatic heterocycles. The molecule has 28 heavy (non-hydrogen) atoms. The maximum Gasteiger partial charge on any atom is 0.191 e. The molecule has 0 unspecified atom stereocenters. The average molecular weight is 522 g/mol. The second kappa shape index (κ2) is 13.4. The predicted molar refractivity (Wildman–Crippen MR) is 128 cm³/mol. The van der Waals surface area contributed by atoms with Crippen molar-refractivity contribution in [1.82, 2.24) is 15.5 Å². The predicted octanol–water partition coefficient (Wildman–Crippen LogP) is 2.68. The van der Waals surface area contributed by atoms with E-state index in [0.717, 1.165) is 44.0 Å². The molecule has 0 radical (unpaired) electrons. The molecule has 1 saturated heterocycles. The first kappa shape index (κ1) is 25.2. The van der Waals surface area contributed by atoms with Crippen molar-refractivity contribution >= 4 is 39.8 Å². The average Bonchev–Trinajstić information content (AvgIpc) is 3.14. The van der Waals surface area contributed by atoms with E-state index in [2.05, 4.69) is 27.4 Å². The normalized spacial score (nSPS) is 15.3. The SMILES string of the molecule is CCNC(=NCCCCN1CCCC1)NCCc1ccc(S(C)(=O)=O)cc1.I. The quantitative estimate of drug-likeness (QED) is 0.214. The fourth-order valence-electron chi connectivity index (χ4n) is 3.21. The van der Waals surface area contributed by atoms with Gasteiger partial charge in [0.2, 0.25) is 0 Å². The summed E-state index contributed by atoms with van der Waals surface area (Å²) in [5.74, 6) is 0.853. The summed E-state index contributed by atoms with van der Waals surface area (Å²) in [6.45, 7) is 8.22. The van der Waals surface area contributed by atoms with Crippen LogP contribution in [0.2, 0.25) is 0 Å². The standard InChI is InChI=1S/C20H34N4O2S.HI/c1-3-21-20(22-13-4-5-15-24-16-6-7-17-24)23-14-12-18-8-10-19(11-9-18)27(2,25)26;/h8-11H,3-7,12-17H2,1-2H3,(H2,21,22,23);1H. The van der Waals surface area contributed by atoms with Gasteiger partial charge in [0, 0.05) is 25.9 Å². The van der Waals surface area contributed by atoms with E-state index in [9.17, 15) is 8.42 Å². The Morgan fingerprint density at radius 1 is 1.11 bits per heavy atom. The Kier molecular flexibility index (Phi) is 12.0. The molecular weight excluding hydrogens is 487 g/mol. The molecule has 0 amide bonds. The van der Waals surface area contributed by atoms with E-state index >= 15 is 0 Å². The number of sulfone groups is 1. The van der Waals surface area contributed by atoms with Crippen LogP contribution in [0.25, 0.3) is 0 Å². The van der Waals surface area contributed by atoms with Gasteiger partial charge in [-0.15, -0.1) is 24.0 Å². The highest BCUT2D eigenvalue weighted by molar-refractivity contribution is 14.0. The molecule has 1 aliphatic rings. The number of hydrogen-bond donors (Lipinski definition) is 2. The molecule has 0 atom stereocenters. The second-order valence-corrected chi connectivity index (χ2v) is 9.13. The Bertz CT molecular complexity index is 687. The van der Waals surface area contributed by atoms with Crippen LogP contribution >= 0.6 is 24.0 Å². The Morgan fingerprint density at radius 2 is 1.79 bits per heavy atom. The number of benzene rings is 1. The lowest BCUT2D eigenvalue weighted by atomic mass is 10.1. The summed E-state index contributed by atoms with van der Waals surface area (Å²) in [7, 11) is -3.13. The number of likely N-dealkylation sites (tertiary alicyclic amines) is 1. The van der Waals surface area contributed by atoms with Gasteiger partial charge in [0.1, 0.15) is 0 Å². The molecule has 8 heteroatoms. The molecule has 1 aromatic carbocycles. The van der Waals surface area contributed by atoms with Gasteiger partial charge < -0.3 is 15.5 Å². The van der Waals surface area contributed by atoms with Gasteiger partial charge in [-0.25, -0.2) is 8.42 Å². The highest BCUT2D eigenvalue weighted by Gasteiger charge is 2.10. The maximum atomic E-state index is 11.5. The lowest BCUT2D eigenvalue weighted by Crippen LogP contribution is -2.38. The van der Waals surface area contributed by atoms with Crippen molar-refractivity contribution in [3.05, 3.63) is 29.8 Å². The van der Waals surface area contributed by atoms with Crippen LogP contribution in [0, 0.1) is 0 Å². The summed E-state index contributed by atoms with van der Waals surface area (Å²) in [6, 6.07) is 7.09. The molecule has 0 spiro atoms. The third kappa shape index (κ3) is 9.56. The van der Waals surface area contributed by atoms with Crippen LogP contribution in [0.4, 0.5) is 0 Å². The van der Waals surface area contributed by atoms with Crippen molar-refractivity contribution in [1.29, 1.82) is 0 Å². The molecule has 0 bridgehead atoms. The molecule has 0 saturated carbocycles. The van der Waals surface area contributed by atoms with Crippen molar-refractivity contribution in [3.8, 4) is 0 Å². The summed E-state index contributed by atoms with van der Waals surface area (Å²) < 4.78 is 23.0. The van der Waals surface area contributed by atoms with Crippen molar-refractivity contribution < 1.29 is 8.42 Å². The van der Waals surface area contributed by atoms with Gasteiger partial charge in [0.25, 0.3) is 0 Å². The fourth-order valence-corrected chi connectivity index (χ4v) is 3.85. The van der Waals surface area contributed by atoms with Crippen LogP contribution in [0.15, 0.2) is 34.2 Å². The highest BCUT2D eigenvalue weighted by Crippen LogP contribution is 2.10. The minimum absolute atomic E-state index is 0. The Hall–Kier alpha value is -0.870. The van der Waals surface area contributed by atoms with Gasteiger partial charge in [-0.2, -0.15) is 0 Å². The smallest absolute Gasteiger partial charge is 0.191 e. The van der Waals surface area contributed by atoms with Crippen molar-refractivity contribution in [2.24, 2.45) is 4.99 Å². The zero-order valence-electron chi connectivity index (χ0n) is 17.1. The number of unbranched alkanes of at least 4 members (excludes halogenated alkanes) is 1. The van der Waals surface area contributed by atoms with Gasteiger partial charge in [-0.1, -0.05) is 12.1 Å². The molecular formula is C20H35IN4O2S.